The Kier molecular flexibility index (Phi) is 28.9. The van der Waals surface area contributed by atoms with Gasteiger partial charge in [0.1, 0.15) is 5.75 Å². The quantitative estimate of drug-likeness (QED) is 0.0171. The molecule has 0 bridgehead atoms. The average Bonchev–Trinajstić information content (AvgIpc) is 3.25. The van der Waals surface area contributed by atoms with E-state index in [2.05, 4.69) is 22.9 Å². The summed E-state index contributed by atoms with van der Waals surface area (Å²) >= 11 is 3.20. The molecule has 0 spiro atoms. The third kappa shape index (κ3) is 27.0. The summed E-state index contributed by atoms with van der Waals surface area (Å²) in [4.78, 5) is 60.8. The molecule has 0 saturated heterocycles. The van der Waals surface area contributed by atoms with Gasteiger partial charge in [0.05, 0.1) is 10.5 Å². The molecule has 0 fully saturated rings. The maximum absolute atomic E-state index is 12.9. The number of carbonyl (C=O) groups is 5. The van der Waals surface area contributed by atoms with Crippen LogP contribution in [0, 0.1) is 27.6 Å². The largest absolute Gasteiger partial charge is 0.508 e. The lowest BCUT2D eigenvalue weighted by atomic mass is 10.1. The van der Waals surface area contributed by atoms with Gasteiger partial charge in [0, 0.05) is 40.8 Å². The van der Waals surface area contributed by atoms with E-state index in [0.717, 1.165) is 53.2 Å². The molecular formula is C45H47BrF3NO14. The number of hydrogen-bond donors (Lipinski definition) is 7. The third-order valence-corrected chi connectivity index (χ3v) is 8.26. The maximum Gasteiger partial charge on any atom is 0.337 e. The number of phenolic OH excluding ortho intramolecular Hbond substituents is 1. The molecule has 15 nitrogen and oxygen atoms in total. The maximum atomic E-state index is 12.9. The number of carboxylic acids is 5. The highest BCUT2D eigenvalue weighted by Gasteiger charge is 2.15. The van der Waals surface area contributed by atoms with Crippen molar-refractivity contribution in [2.75, 3.05) is 0 Å². The van der Waals surface area contributed by atoms with Gasteiger partial charge in [-0.2, -0.15) is 0 Å². The molecule has 0 saturated carbocycles. The van der Waals surface area contributed by atoms with Gasteiger partial charge in [-0.25, -0.2) is 32.3 Å². The normalized spacial score (nSPS) is 10.8. The molecule has 19 heteroatoms. The zero-order valence-electron chi connectivity index (χ0n) is 34.2. The fourth-order valence-electron chi connectivity index (χ4n) is 4.56. The van der Waals surface area contributed by atoms with Crippen LogP contribution < -0.4 is 0 Å². The van der Waals surface area contributed by atoms with E-state index in [9.17, 15) is 47.3 Å². The molecule has 0 amide bonds. The van der Waals surface area contributed by atoms with Crippen LogP contribution in [0.3, 0.4) is 0 Å². The van der Waals surface area contributed by atoms with E-state index in [-0.39, 0.29) is 22.6 Å². The van der Waals surface area contributed by atoms with E-state index >= 15 is 0 Å². The molecule has 0 aliphatic carbocycles. The van der Waals surface area contributed by atoms with Gasteiger partial charge in [-0.1, -0.05) is 97.8 Å². The summed E-state index contributed by atoms with van der Waals surface area (Å²) in [5.74, 6) is -9.47. The van der Waals surface area contributed by atoms with Gasteiger partial charge in [-0.05, 0) is 78.2 Å². The summed E-state index contributed by atoms with van der Waals surface area (Å²) in [7, 11) is 0. The number of nitrogens with zero attached hydrogens (tertiary/aromatic N) is 1. The highest BCUT2D eigenvalue weighted by atomic mass is 79.9. The SMILES string of the molecule is CCCCCCCCCC(=O)O.O=C(O)C(O)c1ccc(Br)cc1.O=C(O)C=Cc1ccc(F)c(F)c1F.O=C(O)C=Cc1ccc(O)cc1.O=C(O)C=Cc1ccccc1[N+](=O)[O-]. The van der Waals surface area contributed by atoms with E-state index < -0.39 is 58.3 Å². The van der Waals surface area contributed by atoms with Gasteiger partial charge >= 0.3 is 29.8 Å². The van der Waals surface area contributed by atoms with Crippen LogP contribution in [0.1, 0.15) is 86.6 Å². The Morgan fingerprint density at radius 3 is 1.66 bits per heavy atom. The van der Waals surface area contributed by atoms with E-state index in [4.69, 9.17) is 35.7 Å². The predicted octanol–water partition coefficient (Wildman–Crippen LogP) is 10.2. The number of aliphatic hydroxyl groups is 1. The highest BCUT2D eigenvalue weighted by molar-refractivity contribution is 9.10. The van der Waals surface area contributed by atoms with E-state index in [1.165, 1.54) is 74.6 Å². The van der Waals surface area contributed by atoms with E-state index in [1.54, 1.807) is 42.5 Å². The number of unbranched alkanes of at least 4 members (excludes halogenated alkanes) is 6. The van der Waals surface area contributed by atoms with Crippen molar-refractivity contribution in [2.24, 2.45) is 0 Å². The van der Waals surface area contributed by atoms with Crippen LogP contribution >= 0.6 is 15.9 Å². The molecule has 344 valence electrons. The molecule has 0 aromatic heterocycles. The molecule has 4 aromatic carbocycles. The number of phenols is 1. The predicted molar refractivity (Wildman–Crippen MR) is 235 cm³/mol. The Balaban J connectivity index is 0.000000777. The molecule has 7 N–H and O–H groups in total. The molecule has 4 aromatic rings. The minimum Gasteiger partial charge on any atom is -0.508 e. The van der Waals surface area contributed by atoms with Crippen LogP contribution in [0.5, 0.6) is 5.75 Å². The number of para-hydroxylation sites is 1. The summed E-state index contributed by atoms with van der Waals surface area (Å²) in [6, 6.07) is 20.4. The van der Waals surface area contributed by atoms with Gasteiger partial charge in [0.25, 0.3) is 5.69 Å². The first-order chi connectivity index (χ1) is 30.2. The minimum absolute atomic E-state index is 0.106. The second-order valence-corrected chi connectivity index (χ2v) is 13.7. The molecule has 1 unspecified atom stereocenters. The van der Waals surface area contributed by atoms with Crippen molar-refractivity contribution in [1.29, 1.82) is 0 Å². The van der Waals surface area contributed by atoms with E-state index in [1.807, 2.05) is 0 Å². The first-order valence-electron chi connectivity index (χ1n) is 19.0. The van der Waals surface area contributed by atoms with Gasteiger partial charge in [0.2, 0.25) is 0 Å². The van der Waals surface area contributed by atoms with Crippen molar-refractivity contribution in [3.05, 3.63) is 157 Å². The smallest absolute Gasteiger partial charge is 0.337 e. The van der Waals surface area contributed by atoms with Crippen LogP contribution in [0.15, 0.2) is 108 Å². The summed E-state index contributed by atoms with van der Waals surface area (Å²) < 4.78 is 38.7. The van der Waals surface area contributed by atoms with Crippen molar-refractivity contribution < 1.29 is 77.8 Å². The zero-order valence-corrected chi connectivity index (χ0v) is 35.8. The second kappa shape index (κ2) is 32.6. The van der Waals surface area contributed by atoms with Gasteiger partial charge in [-0.3, -0.25) is 14.9 Å². The minimum atomic E-state index is -1.61. The number of halogens is 4. The first kappa shape index (κ1) is 56.9. The Hall–Kier alpha value is -7.12. The number of rotatable bonds is 17. The molecular weight excluding hydrogens is 915 g/mol. The van der Waals surface area contributed by atoms with Crippen molar-refractivity contribution in [1.82, 2.24) is 0 Å². The number of hydrogen-bond acceptors (Lipinski definition) is 9. The number of aromatic hydroxyl groups is 1. The van der Waals surface area contributed by atoms with Gasteiger partial charge in [0.15, 0.2) is 23.6 Å². The Morgan fingerprint density at radius 2 is 1.16 bits per heavy atom. The number of benzene rings is 4. The van der Waals surface area contributed by atoms with Crippen molar-refractivity contribution in [3.8, 4) is 5.75 Å². The number of nitro groups is 1. The Bertz CT molecular complexity index is 2200. The monoisotopic (exact) mass is 961 g/mol. The summed E-state index contributed by atoms with van der Waals surface area (Å²) in [6.45, 7) is 2.20. The highest BCUT2D eigenvalue weighted by Crippen LogP contribution is 2.20. The Labute approximate surface area is 374 Å². The number of carboxylic acid groups (broad SMARTS) is 5. The van der Waals surface area contributed by atoms with Crippen LogP contribution in [0.25, 0.3) is 18.2 Å². The molecule has 1 atom stereocenters. The lowest BCUT2D eigenvalue weighted by Gasteiger charge is -2.04. The summed E-state index contributed by atoms with van der Waals surface area (Å²) in [5, 5.41) is 70.1. The zero-order chi connectivity index (χ0) is 48.6. The van der Waals surface area contributed by atoms with Gasteiger partial charge < -0.3 is 35.7 Å². The lowest BCUT2D eigenvalue weighted by molar-refractivity contribution is -0.385. The molecule has 0 aliphatic heterocycles. The summed E-state index contributed by atoms with van der Waals surface area (Å²) in [6.07, 6.45) is 13.3. The lowest BCUT2D eigenvalue weighted by Crippen LogP contribution is -2.09. The van der Waals surface area contributed by atoms with Crippen molar-refractivity contribution in [3.63, 3.8) is 0 Å². The average molecular weight is 963 g/mol. The van der Waals surface area contributed by atoms with Crippen LogP contribution in [0.4, 0.5) is 18.9 Å². The topological polar surface area (TPSA) is 270 Å². The van der Waals surface area contributed by atoms with Gasteiger partial charge in [-0.15, -0.1) is 0 Å². The fourth-order valence-corrected chi connectivity index (χ4v) is 4.82. The standard InChI is InChI=1S/C10H20O2.C9H5F3O2.C9H7NO4.C9H8O3.C8H7BrO3/c1-2-3-4-5-6-7-8-9-10(11)12;10-6-3-1-5(2-4-7(13)14)8(11)9(6)12;11-9(12)6-5-7-3-1-2-4-8(7)10(13)14;10-8-4-1-7(2-5-8)3-6-9(11)12;9-6-3-1-5(2-4-6)7(10)8(11)12/h2-9H2,1H3,(H,11,12);1-4H,(H,13,14);1-6H,(H,11,12);1-6,10H,(H,11,12);1-4,7,10H,(H,11,12). The first-order valence-corrected chi connectivity index (χ1v) is 19.8. The number of nitro benzene ring substituents is 1. The fraction of sp³-hybridized carbons (Fsp3) is 0.222. The Morgan fingerprint density at radius 1 is 0.656 bits per heavy atom. The van der Waals surface area contributed by atoms with Crippen LogP contribution in [0.2, 0.25) is 0 Å². The number of aliphatic hydroxyl groups excluding tert-OH is 1. The van der Waals surface area contributed by atoms with Crippen molar-refractivity contribution >= 4 is 69.7 Å². The summed E-state index contributed by atoms with van der Waals surface area (Å²) in [5.41, 5.74) is 0.983. The molecule has 0 radical (unpaired) electrons. The van der Waals surface area contributed by atoms with E-state index in [0.29, 0.717) is 18.1 Å². The molecule has 0 aliphatic rings. The third-order valence-electron chi connectivity index (χ3n) is 7.73. The molecule has 0 heterocycles. The van der Waals surface area contributed by atoms with Crippen LogP contribution in [-0.2, 0) is 24.0 Å². The van der Waals surface area contributed by atoms with Crippen molar-refractivity contribution in [2.45, 2.75) is 64.4 Å². The second-order valence-electron chi connectivity index (χ2n) is 12.7. The molecule has 64 heavy (non-hydrogen) atoms. The number of aliphatic carboxylic acids is 5. The molecule has 4 rings (SSSR count). The van der Waals surface area contributed by atoms with Crippen LogP contribution in [-0.4, -0.2) is 70.5 Å².